The molecule has 1 aromatic carbocycles. The third kappa shape index (κ3) is 10.8. The van der Waals surface area contributed by atoms with Crippen molar-refractivity contribution < 1.29 is 14.5 Å². The van der Waals surface area contributed by atoms with Gasteiger partial charge in [-0.1, -0.05) is 12.1 Å². The van der Waals surface area contributed by atoms with Crippen molar-refractivity contribution in [2.45, 2.75) is 39.2 Å². The van der Waals surface area contributed by atoms with Gasteiger partial charge in [0, 0.05) is 45.3 Å². The average molecular weight is 481 g/mol. The highest BCUT2D eigenvalue weighted by atomic mass is 32.1. The molecule has 33 heavy (non-hydrogen) atoms. The molecule has 3 N–H and O–H groups in total. The number of para-hydroxylation sites is 2. The Labute approximate surface area is 201 Å². The zero-order valence-electron chi connectivity index (χ0n) is 19.8. The van der Waals surface area contributed by atoms with Crippen LogP contribution in [-0.2, 0) is 4.74 Å². The number of nitro benzene ring substituents is 1. The molecule has 0 unspecified atom stereocenters. The SMILES string of the molecule is CC(C)(C)OC(=O)NCCCN1CCN(CCCNC(=S)Nc2ccccc2[N+](=O)[O-])CC1. The molecular formula is C22H36N6O4S. The highest BCUT2D eigenvalue weighted by Gasteiger charge is 2.18. The Morgan fingerprint density at radius 1 is 1.06 bits per heavy atom. The van der Waals surface area contributed by atoms with Crippen LogP contribution in [0.4, 0.5) is 16.2 Å². The van der Waals surface area contributed by atoms with E-state index in [1.54, 1.807) is 18.2 Å². The summed E-state index contributed by atoms with van der Waals surface area (Å²) in [7, 11) is 0. The summed E-state index contributed by atoms with van der Waals surface area (Å²) in [4.78, 5) is 27.1. The van der Waals surface area contributed by atoms with Crippen LogP contribution in [0.3, 0.4) is 0 Å². The number of alkyl carbamates (subject to hydrolysis) is 1. The molecule has 11 heteroatoms. The van der Waals surface area contributed by atoms with Gasteiger partial charge in [0.05, 0.1) is 4.92 Å². The molecule has 0 bridgehead atoms. The fraction of sp³-hybridized carbons (Fsp3) is 0.636. The number of piperazine rings is 1. The predicted octanol–water partition coefficient (Wildman–Crippen LogP) is 2.80. The standard InChI is InChI=1S/C22H36N6O4S/c1-22(2,3)32-21(29)24-11-7-13-27-16-14-26(15-17-27)12-6-10-23-20(33)25-18-8-4-5-9-19(18)28(30)31/h4-5,8-9H,6-7,10-17H2,1-3H3,(H,24,29)(H2,23,25,33). The fourth-order valence-electron chi connectivity index (χ4n) is 3.45. The largest absolute Gasteiger partial charge is 0.444 e. The van der Waals surface area contributed by atoms with E-state index in [1.807, 2.05) is 20.8 Å². The van der Waals surface area contributed by atoms with E-state index in [4.69, 9.17) is 17.0 Å². The van der Waals surface area contributed by atoms with Crippen LogP contribution in [0.25, 0.3) is 0 Å². The first-order valence-corrected chi connectivity index (χ1v) is 11.7. The van der Waals surface area contributed by atoms with E-state index in [0.29, 0.717) is 23.9 Å². The van der Waals surface area contributed by atoms with Gasteiger partial charge < -0.3 is 30.5 Å². The summed E-state index contributed by atoms with van der Waals surface area (Å²) in [6.07, 6.45) is 1.46. The van der Waals surface area contributed by atoms with Crippen LogP contribution in [0, 0.1) is 10.1 Å². The third-order valence-electron chi connectivity index (χ3n) is 5.07. The summed E-state index contributed by atoms with van der Waals surface area (Å²) in [6.45, 7) is 12.8. The molecule has 1 aliphatic rings. The minimum atomic E-state index is -0.472. The van der Waals surface area contributed by atoms with Gasteiger partial charge in [0.25, 0.3) is 5.69 Å². The van der Waals surface area contributed by atoms with Crippen LogP contribution in [0.2, 0.25) is 0 Å². The van der Waals surface area contributed by atoms with Crippen molar-refractivity contribution in [2.75, 3.05) is 57.7 Å². The number of nitro groups is 1. The monoisotopic (exact) mass is 480 g/mol. The summed E-state index contributed by atoms with van der Waals surface area (Å²) < 4.78 is 5.24. The summed E-state index contributed by atoms with van der Waals surface area (Å²) in [6, 6.07) is 6.44. The van der Waals surface area contributed by atoms with Gasteiger partial charge >= 0.3 is 6.09 Å². The van der Waals surface area contributed by atoms with Crippen molar-refractivity contribution in [3.8, 4) is 0 Å². The second-order valence-electron chi connectivity index (χ2n) is 8.97. The maximum Gasteiger partial charge on any atom is 0.407 e. The molecule has 1 aromatic rings. The van der Waals surface area contributed by atoms with E-state index in [1.165, 1.54) is 6.07 Å². The molecule has 0 atom stereocenters. The molecule has 1 fully saturated rings. The summed E-state index contributed by atoms with van der Waals surface area (Å²) in [5.74, 6) is 0. The normalized spacial score (nSPS) is 15.0. The molecule has 0 saturated carbocycles. The van der Waals surface area contributed by atoms with Gasteiger partial charge in [0.2, 0.25) is 0 Å². The molecule has 2 rings (SSSR count). The molecule has 1 amide bonds. The molecule has 0 radical (unpaired) electrons. The smallest absolute Gasteiger partial charge is 0.407 e. The molecule has 1 heterocycles. The van der Waals surface area contributed by atoms with Crippen molar-refractivity contribution in [3.05, 3.63) is 34.4 Å². The lowest BCUT2D eigenvalue weighted by molar-refractivity contribution is -0.383. The topological polar surface area (TPSA) is 112 Å². The zero-order chi connectivity index (χ0) is 24.3. The first kappa shape index (κ1) is 26.7. The van der Waals surface area contributed by atoms with Gasteiger partial charge in [-0.15, -0.1) is 0 Å². The van der Waals surface area contributed by atoms with Gasteiger partial charge in [-0.2, -0.15) is 0 Å². The lowest BCUT2D eigenvalue weighted by Gasteiger charge is -2.34. The van der Waals surface area contributed by atoms with E-state index in [9.17, 15) is 14.9 Å². The van der Waals surface area contributed by atoms with Crippen LogP contribution in [0.15, 0.2) is 24.3 Å². The molecule has 0 spiro atoms. The van der Waals surface area contributed by atoms with Crippen LogP contribution in [-0.4, -0.2) is 83.9 Å². The Balaban J connectivity index is 1.53. The predicted molar refractivity (Wildman–Crippen MR) is 134 cm³/mol. The first-order valence-electron chi connectivity index (χ1n) is 11.3. The van der Waals surface area contributed by atoms with E-state index < -0.39 is 10.5 Å². The summed E-state index contributed by atoms with van der Waals surface area (Å²) >= 11 is 5.26. The maximum absolute atomic E-state index is 11.7. The minimum absolute atomic E-state index is 0.000132. The van der Waals surface area contributed by atoms with Gasteiger partial charge in [-0.05, 0) is 65.0 Å². The fourth-order valence-corrected chi connectivity index (χ4v) is 3.67. The average Bonchev–Trinajstić information content (AvgIpc) is 2.74. The summed E-state index contributed by atoms with van der Waals surface area (Å²) in [5, 5.41) is 20.3. The molecule has 10 nitrogen and oxygen atoms in total. The lowest BCUT2D eigenvalue weighted by atomic mass is 10.2. The van der Waals surface area contributed by atoms with Crippen molar-refractivity contribution in [2.24, 2.45) is 0 Å². The van der Waals surface area contributed by atoms with E-state index >= 15 is 0 Å². The number of thiocarbonyl (C=S) groups is 1. The Morgan fingerprint density at radius 3 is 2.15 bits per heavy atom. The Bertz CT molecular complexity index is 793. The van der Waals surface area contributed by atoms with Crippen molar-refractivity contribution in [1.82, 2.24) is 20.4 Å². The molecule has 1 aliphatic heterocycles. The number of nitrogens with one attached hydrogen (secondary N) is 3. The molecule has 184 valence electrons. The van der Waals surface area contributed by atoms with Crippen LogP contribution in [0.5, 0.6) is 0 Å². The van der Waals surface area contributed by atoms with Crippen molar-refractivity contribution in [3.63, 3.8) is 0 Å². The van der Waals surface area contributed by atoms with Crippen molar-refractivity contribution in [1.29, 1.82) is 0 Å². The molecule has 0 aliphatic carbocycles. The number of carbonyl (C=O) groups excluding carboxylic acids is 1. The number of carbonyl (C=O) groups is 1. The number of amides is 1. The molecular weight excluding hydrogens is 444 g/mol. The number of anilines is 1. The van der Waals surface area contributed by atoms with Gasteiger partial charge in [0.15, 0.2) is 5.11 Å². The highest BCUT2D eigenvalue weighted by molar-refractivity contribution is 7.80. The number of nitrogens with zero attached hydrogens (tertiary/aromatic N) is 3. The summed E-state index contributed by atoms with van der Waals surface area (Å²) in [5.41, 5.74) is -0.0856. The molecule has 1 saturated heterocycles. The minimum Gasteiger partial charge on any atom is -0.444 e. The number of rotatable bonds is 10. The van der Waals surface area contributed by atoms with Gasteiger partial charge in [-0.25, -0.2) is 4.79 Å². The number of ether oxygens (including phenoxy) is 1. The zero-order valence-corrected chi connectivity index (χ0v) is 20.6. The van der Waals surface area contributed by atoms with E-state index in [0.717, 1.165) is 52.1 Å². The van der Waals surface area contributed by atoms with E-state index in [-0.39, 0.29) is 11.8 Å². The number of hydrogen-bond donors (Lipinski definition) is 3. The van der Waals surface area contributed by atoms with Crippen LogP contribution >= 0.6 is 12.2 Å². The number of benzene rings is 1. The Hall–Kier alpha value is -2.50. The Kier molecular flexibility index (Phi) is 10.8. The first-order chi connectivity index (χ1) is 15.6. The number of hydrogen-bond acceptors (Lipinski definition) is 7. The second kappa shape index (κ2) is 13.3. The Morgan fingerprint density at radius 2 is 1.61 bits per heavy atom. The highest BCUT2D eigenvalue weighted by Crippen LogP contribution is 2.22. The third-order valence-corrected chi connectivity index (χ3v) is 5.32. The van der Waals surface area contributed by atoms with Gasteiger partial charge in [0.1, 0.15) is 11.3 Å². The lowest BCUT2D eigenvalue weighted by Crippen LogP contribution is -2.47. The van der Waals surface area contributed by atoms with Crippen molar-refractivity contribution >= 4 is 34.8 Å². The second-order valence-corrected chi connectivity index (χ2v) is 9.38. The quantitative estimate of drug-likeness (QED) is 0.201. The van der Waals surface area contributed by atoms with Crippen LogP contribution in [0.1, 0.15) is 33.6 Å². The molecule has 0 aromatic heterocycles. The van der Waals surface area contributed by atoms with Crippen LogP contribution < -0.4 is 16.0 Å². The van der Waals surface area contributed by atoms with Gasteiger partial charge in [-0.3, -0.25) is 10.1 Å². The van der Waals surface area contributed by atoms with E-state index in [2.05, 4.69) is 25.8 Å². The maximum atomic E-state index is 11.7.